The van der Waals surface area contributed by atoms with Gasteiger partial charge in [0, 0.05) is 13.0 Å². The van der Waals surface area contributed by atoms with E-state index in [0.29, 0.717) is 11.1 Å². The van der Waals surface area contributed by atoms with Gasteiger partial charge in [0.2, 0.25) is 5.91 Å². The molecule has 2 aromatic rings. The summed E-state index contributed by atoms with van der Waals surface area (Å²) in [5, 5.41) is 16.0. The zero-order valence-corrected chi connectivity index (χ0v) is 14.5. The van der Waals surface area contributed by atoms with E-state index in [9.17, 15) is 19.1 Å². The molecule has 2 aromatic carbocycles. The van der Waals surface area contributed by atoms with E-state index in [2.05, 4.69) is 15.8 Å². The number of carbonyl (C=O) groups excluding carboxylic acids is 2. The zero-order chi connectivity index (χ0) is 19.1. The highest BCUT2D eigenvalue weighted by Crippen LogP contribution is 2.21. The number of hydrogen-bond donors (Lipinski definition) is 3. The van der Waals surface area contributed by atoms with Crippen LogP contribution >= 0.6 is 0 Å². The highest BCUT2D eigenvalue weighted by molar-refractivity contribution is 5.94. The van der Waals surface area contributed by atoms with E-state index in [1.807, 2.05) is 0 Å². The highest BCUT2D eigenvalue weighted by Gasteiger charge is 2.10. The maximum Gasteiger partial charge on any atom is 0.254 e. The maximum atomic E-state index is 13.5. The third-order valence-corrected chi connectivity index (χ3v) is 3.67. The van der Waals surface area contributed by atoms with Gasteiger partial charge in [-0.15, -0.1) is 0 Å². The Morgan fingerprint density at radius 3 is 2.50 bits per heavy atom. The van der Waals surface area contributed by atoms with Crippen LogP contribution in [0.15, 0.2) is 41.5 Å². The molecule has 0 radical (unpaired) electrons. The lowest BCUT2D eigenvalue weighted by Gasteiger charge is -2.06. The Hall–Kier alpha value is -3.22. The van der Waals surface area contributed by atoms with Crippen LogP contribution < -0.4 is 10.7 Å². The van der Waals surface area contributed by atoms with Crippen molar-refractivity contribution in [3.8, 4) is 5.75 Å². The van der Waals surface area contributed by atoms with Crippen molar-refractivity contribution in [1.29, 1.82) is 0 Å². The first-order valence-corrected chi connectivity index (χ1v) is 8.03. The summed E-state index contributed by atoms with van der Waals surface area (Å²) in [4.78, 5) is 23.5. The highest BCUT2D eigenvalue weighted by atomic mass is 19.1. The van der Waals surface area contributed by atoms with Crippen molar-refractivity contribution >= 4 is 18.0 Å². The average molecular weight is 357 g/mol. The van der Waals surface area contributed by atoms with Crippen LogP contribution in [0.4, 0.5) is 4.39 Å². The molecular formula is C19H20FN3O3. The van der Waals surface area contributed by atoms with Gasteiger partial charge in [-0.05, 0) is 54.8 Å². The molecule has 2 rings (SSSR count). The van der Waals surface area contributed by atoms with Gasteiger partial charge in [0.1, 0.15) is 11.6 Å². The number of nitrogens with one attached hydrogen (secondary N) is 2. The zero-order valence-electron chi connectivity index (χ0n) is 14.5. The number of rotatable bonds is 6. The smallest absolute Gasteiger partial charge is 0.254 e. The molecule has 26 heavy (non-hydrogen) atoms. The van der Waals surface area contributed by atoms with Crippen LogP contribution in [0.25, 0.3) is 0 Å². The van der Waals surface area contributed by atoms with E-state index in [4.69, 9.17) is 0 Å². The molecule has 0 fully saturated rings. The van der Waals surface area contributed by atoms with Gasteiger partial charge in [0.25, 0.3) is 5.91 Å². The Labute approximate surface area is 150 Å². The molecule has 0 aliphatic heterocycles. The molecule has 6 nitrogen and oxygen atoms in total. The summed E-state index contributed by atoms with van der Waals surface area (Å²) in [5.41, 5.74) is 4.46. The normalized spacial score (nSPS) is 10.7. The summed E-state index contributed by atoms with van der Waals surface area (Å²) in [6, 6.07) is 9.11. The van der Waals surface area contributed by atoms with E-state index in [-0.39, 0.29) is 30.2 Å². The van der Waals surface area contributed by atoms with Crippen molar-refractivity contribution in [1.82, 2.24) is 10.7 Å². The lowest BCUT2D eigenvalue weighted by atomic mass is 10.1. The molecule has 0 spiro atoms. The Balaban J connectivity index is 1.79. The fraction of sp³-hybridized carbons (Fsp3) is 0.211. The second kappa shape index (κ2) is 8.75. The van der Waals surface area contributed by atoms with E-state index in [0.717, 1.165) is 5.56 Å². The van der Waals surface area contributed by atoms with E-state index < -0.39 is 11.7 Å². The van der Waals surface area contributed by atoms with Crippen LogP contribution in [0.2, 0.25) is 0 Å². The predicted molar refractivity (Wildman–Crippen MR) is 96.7 cm³/mol. The summed E-state index contributed by atoms with van der Waals surface area (Å²) < 4.78 is 13.5. The summed E-state index contributed by atoms with van der Waals surface area (Å²) >= 11 is 0. The molecule has 0 saturated carbocycles. The van der Waals surface area contributed by atoms with Crippen LogP contribution in [0.1, 0.15) is 33.5 Å². The first kappa shape index (κ1) is 19.1. The minimum Gasteiger partial charge on any atom is -0.507 e. The van der Waals surface area contributed by atoms with Crippen LogP contribution in [0.5, 0.6) is 5.75 Å². The number of amides is 2. The van der Waals surface area contributed by atoms with Gasteiger partial charge in [0.05, 0.1) is 11.8 Å². The summed E-state index contributed by atoms with van der Waals surface area (Å²) in [6.45, 7) is 3.61. The van der Waals surface area contributed by atoms with Gasteiger partial charge in [-0.25, -0.2) is 9.82 Å². The van der Waals surface area contributed by atoms with Gasteiger partial charge < -0.3 is 10.4 Å². The SMILES string of the molecule is Cc1cc(/C=N/NC(=O)CCNC(=O)c2ccccc2F)cc(C)c1O. The molecule has 2 amide bonds. The fourth-order valence-electron chi connectivity index (χ4n) is 2.33. The van der Waals surface area contributed by atoms with Gasteiger partial charge in [0.15, 0.2) is 0 Å². The van der Waals surface area contributed by atoms with Crippen LogP contribution in [-0.4, -0.2) is 29.7 Å². The van der Waals surface area contributed by atoms with Gasteiger partial charge in [-0.3, -0.25) is 9.59 Å². The standard InChI is InChI=1S/C19H20FN3O3/c1-12-9-14(10-13(2)18(12)25)11-22-23-17(24)7-8-21-19(26)15-5-3-4-6-16(15)20/h3-6,9-11,25H,7-8H2,1-2H3,(H,21,26)(H,23,24)/b22-11+. The molecule has 3 N–H and O–H groups in total. The quantitative estimate of drug-likeness (QED) is 0.548. The first-order chi connectivity index (χ1) is 12.4. The molecule has 0 aliphatic carbocycles. The number of hydrogen-bond acceptors (Lipinski definition) is 4. The van der Waals surface area contributed by atoms with Crippen molar-refractivity contribution < 1.29 is 19.1 Å². The largest absolute Gasteiger partial charge is 0.507 e. The Morgan fingerprint density at radius 1 is 1.19 bits per heavy atom. The van der Waals surface area contributed by atoms with E-state index in [1.54, 1.807) is 32.0 Å². The van der Waals surface area contributed by atoms with Crippen LogP contribution in [-0.2, 0) is 4.79 Å². The molecule has 0 aromatic heterocycles. The predicted octanol–water partition coefficient (Wildman–Crippen LogP) is 2.42. The summed E-state index contributed by atoms with van der Waals surface area (Å²) in [6.07, 6.45) is 1.47. The topological polar surface area (TPSA) is 90.8 Å². The van der Waals surface area contributed by atoms with Gasteiger partial charge in [-0.2, -0.15) is 5.10 Å². The number of aromatic hydroxyl groups is 1. The number of nitrogens with zero attached hydrogens (tertiary/aromatic N) is 1. The summed E-state index contributed by atoms with van der Waals surface area (Å²) in [5.74, 6) is -1.34. The number of phenolic OH excluding ortho intramolecular Hbond substituents is 1. The lowest BCUT2D eigenvalue weighted by molar-refractivity contribution is -0.120. The number of carbonyl (C=O) groups is 2. The molecule has 7 heteroatoms. The van der Waals surface area contributed by atoms with Crippen molar-refractivity contribution in [2.24, 2.45) is 5.10 Å². The van der Waals surface area contributed by atoms with Gasteiger partial charge >= 0.3 is 0 Å². The van der Waals surface area contributed by atoms with Crippen molar-refractivity contribution in [3.63, 3.8) is 0 Å². The second-order valence-electron chi connectivity index (χ2n) is 5.78. The third-order valence-electron chi connectivity index (χ3n) is 3.67. The second-order valence-corrected chi connectivity index (χ2v) is 5.78. The first-order valence-electron chi connectivity index (χ1n) is 8.03. The van der Waals surface area contributed by atoms with Crippen LogP contribution in [0, 0.1) is 19.7 Å². The Bertz CT molecular complexity index is 827. The van der Waals surface area contributed by atoms with E-state index in [1.165, 1.54) is 24.4 Å². The number of hydrazone groups is 1. The molecule has 0 unspecified atom stereocenters. The molecule has 0 bridgehead atoms. The molecule has 0 heterocycles. The molecule has 0 atom stereocenters. The number of benzene rings is 2. The number of aryl methyl sites for hydroxylation is 2. The monoisotopic (exact) mass is 357 g/mol. The van der Waals surface area contributed by atoms with E-state index >= 15 is 0 Å². The molecule has 136 valence electrons. The minimum absolute atomic E-state index is 0.00513. The minimum atomic E-state index is -0.612. The number of phenols is 1. The third kappa shape index (κ3) is 5.14. The Morgan fingerprint density at radius 2 is 1.85 bits per heavy atom. The van der Waals surface area contributed by atoms with Crippen molar-refractivity contribution in [3.05, 3.63) is 64.5 Å². The van der Waals surface area contributed by atoms with Crippen LogP contribution in [0.3, 0.4) is 0 Å². The molecule has 0 saturated heterocycles. The average Bonchev–Trinajstić information content (AvgIpc) is 2.60. The fourth-order valence-corrected chi connectivity index (χ4v) is 2.33. The molecular weight excluding hydrogens is 337 g/mol. The molecule has 0 aliphatic rings. The lowest BCUT2D eigenvalue weighted by Crippen LogP contribution is -2.29. The number of halogens is 1. The van der Waals surface area contributed by atoms with Gasteiger partial charge in [-0.1, -0.05) is 12.1 Å². The summed E-state index contributed by atoms with van der Waals surface area (Å²) in [7, 11) is 0. The van der Waals surface area contributed by atoms with Crippen molar-refractivity contribution in [2.45, 2.75) is 20.3 Å². The Kier molecular flexibility index (Phi) is 6.43. The van der Waals surface area contributed by atoms with Crippen molar-refractivity contribution in [2.75, 3.05) is 6.54 Å². The maximum absolute atomic E-state index is 13.5.